The molecule has 0 radical (unpaired) electrons. The van der Waals surface area contributed by atoms with Crippen LogP contribution in [-0.4, -0.2) is 22.9 Å². The maximum atomic E-state index is 6.66. The Labute approximate surface area is 165 Å². The van der Waals surface area contributed by atoms with Crippen molar-refractivity contribution in [2.24, 2.45) is 0 Å². The van der Waals surface area contributed by atoms with Gasteiger partial charge in [-0.25, -0.2) is 0 Å². The van der Waals surface area contributed by atoms with Crippen LogP contribution in [0.1, 0.15) is 43.2 Å². The van der Waals surface area contributed by atoms with Crippen molar-refractivity contribution in [2.45, 2.75) is 44.1 Å². The van der Waals surface area contributed by atoms with E-state index in [2.05, 4.69) is 82.0 Å². The van der Waals surface area contributed by atoms with Gasteiger partial charge in [-0.15, -0.1) is 11.3 Å². The summed E-state index contributed by atoms with van der Waals surface area (Å²) in [6, 6.07) is 10.7. The average molecular weight is 433 g/mol. The molecule has 1 N–H and O–H groups in total. The molecule has 0 aliphatic carbocycles. The van der Waals surface area contributed by atoms with E-state index in [1.54, 1.807) is 11.3 Å². The number of hydrogen-bond donors (Lipinski definition) is 1. The SMILES string of the molecule is CC1(C)C[C@@]2(CCO1)Oc1ccc(Br)cc1[C@H]1C=C(c3cccs3)NN12. The molecular weight excluding hydrogens is 412 g/mol. The molecule has 4 heterocycles. The predicted molar refractivity (Wildman–Crippen MR) is 107 cm³/mol. The Morgan fingerprint density at radius 3 is 2.96 bits per heavy atom. The zero-order valence-corrected chi connectivity index (χ0v) is 17.2. The van der Waals surface area contributed by atoms with Crippen molar-refractivity contribution in [3.05, 3.63) is 56.7 Å². The van der Waals surface area contributed by atoms with Crippen molar-refractivity contribution in [3.63, 3.8) is 0 Å². The van der Waals surface area contributed by atoms with Gasteiger partial charge in [0.05, 0.1) is 28.8 Å². The monoisotopic (exact) mass is 432 g/mol. The fourth-order valence-corrected chi connectivity index (χ4v) is 5.38. The highest BCUT2D eigenvalue weighted by atomic mass is 79.9. The third-order valence-electron chi connectivity index (χ3n) is 5.35. The Balaban J connectivity index is 1.62. The van der Waals surface area contributed by atoms with Crippen molar-refractivity contribution in [3.8, 4) is 5.75 Å². The molecule has 0 bridgehead atoms. The van der Waals surface area contributed by atoms with E-state index in [9.17, 15) is 0 Å². The van der Waals surface area contributed by atoms with Gasteiger partial charge in [-0.3, -0.25) is 0 Å². The van der Waals surface area contributed by atoms with Crippen LogP contribution in [0.15, 0.2) is 46.3 Å². The molecule has 136 valence electrons. The van der Waals surface area contributed by atoms with E-state index in [0.29, 0.717) is 6.61 Å². The summed E-state index contributed by atoms with van der Waals surface area (Å²) < 4.78 is 13.7. The van der Waals surface area contributed by atoms with Crippen LogP contribution in [0.25, 0.3) is 5.70 Å². The fourth-order valence-electron chi connectivity index (χ4n) is 4.30. The number of halogens is 1. The molecule has 0 unspecified atom stereocenters. The van der Waals surface area contributed by atoms with E-state index in [0.717, 1.165) is 28.8 Å². The van der Waals surface area contributed by atoms with Gasteiger partial charge in [-0.05, 0) is 49.6 Å². The molecule has 2 aromatic rings. The van der Waals surface area contributed by atoms with E-state index in [1.165, 1.54) is 10.4 Å². The quantitative estimate of drug-likeness (QED) is 0.679. The molecule has 1 aromatic heterocycles. The standard InChI is InChI=1S/C20H21BrN2O2S/c1-19(2)12-20(7-8-24-19)23-16(11-15(22-23)18-4-3-9-26-18)14-10-13(21)5-6-17(14)25-20/h3-6,9-11,16,22H,7-8,12H2,1-2H3/t16-,20-/m1/s1. The Bertz CT molecular complexity index is 880. The zero-order chi connectivity index (χ0) is 17.9. The minimum atomic E-state index is -0.414. The number of nitrogens with one attached hydrogen (secondary N) is 1. The first-order chi connectivity index (χ1) is 12.5. The minimum absolute atomic E-state index is 0.141. The first-order valence-corrected chi connectivity index (χ1v) is 10.6. The number of benzene rings is 1. The molecule has 1 spiro atoms. The van der Waals surface area contributed by atoms with Gasteiger partial charge in [0, 0.05) is 22.9 Å². The first kappa shape index (κ1) is 16.8. The second-order valence-electron chi connectivity index (χ2n) is 7.75. The Morgan fingerprint density at radius 2 is 2.19 bits per heavy atom. The first-order valence-electron chi connectivity index (χ1n) is 8.90. The lowest BCUT2D eigenvalue weighted by Crippen LogP contribution is -2.64. The van der Waals surface area contributed by atoms with Crippen LogP contribution in [0.3, 0.4) is 0 Å². The molecule has 4 nitrogen and oxygen atoms in total. The average Bonchev–Trinajstić information content (AvgIpc) is 3.24. The highest BCUT2D eigenvalue weighted by Crippen LogP contribution is 2.51. The lowest BCUT2D eigenvalue weighted by Gasteiger charge is -2.53. The number of fused-ring (bicyclic) bond motifs is 4. The van der Waals surface area contributed by atoms with Gasteiger partial charge >= 0.3 is 0 Å². The summed E-state index contributed by atoms with van der Waals surface area (Å²) in [6.07, 6.45) is 3.97. The molecule has 0 amide bonds. The Kier molecular flexibility index (Phi) is 3.77. The summed E-state index contributed by atoms with van der Waals surface area (Å²) in [6.45, 7) is 4.98. The second kappa shape index (κ2) is 5.83. The van der Waals surface area contributed by atoms with Crippen LogP contribution >= 0.6 is 27.3 Å². The smallest absolute Gasteiger partial charge is 0.185 e. The second-order valence-corrected chi connectivity index (χ2v) is 9.61. The maximum Gasteiger partial charge on any atom is 0.185 e. The van der Waals surface area contributed by atoms with Gasteiger partial charge in [0.2, 0.25) is 0 Å². The van der Waals surface area contributed by atoms with E-state index < -0.39 is 5.72 Å². The lowest BCUT2D eigenvalue weighted by molar-refractivity contribution is -0.218. The summed E-state index contributed by atoms with van der Waals surface area (Å²) in [5.74, 6) is 0.970. The van der Waals surface area contributed by atoms with Gasteiger partial charge in [-0.1, -0.05) is 22.0 Å². The molecule has 1 saturated heterocycles. The molecule has 5 rings (SSSR count). The molecular formula is C20H21BrN2O2S. The zero-order valence-electron chi connectivity index (χ0n) is 14.8. The van der Waals surface area contributed by atoms with Crippen LogP contribution in [0.4, 0.5) is 0 Å². The van der Waals surface area contributed by atoms with Crippen molar-refractivity contribution in [1.29, 1.82) is 0 Å². The van der Waals surface area contributed by atoms with E-state index >= 15 is 0 Å². The normalized spacial score (nSPS) is 29.5. The van der Waals surface area contributed by atoms with E-state index in [4.69, 9.17) is 9.47 Å². The predicted octanol–water partition coefficient (Wildman–Crippen LogP) is 5.09. The van der Waals surface area contributed by atoms with Crippen LogP contribution < -0.4 is 10.2 Å². The number of hydrogen-bond acceptors (Lipinski definition) is 5. The molecule has 26 heavy (non-hydrogen) atoms. The minimum Gasteiger partial charge on any atom is -0.470 e. The van der Waals surface area contributed by atoms with Gasteiger partial charge in [0.1, 0.15) is 5.75 Å². The fraction of sp³-hybridized carbons (Fsp3) is 0.400. The molecule has 3 aliphatic heterocycles. The number of hydrazine groups is 1. The van der Waals surface area contributed by atoms with Crippen molar-refractivity contribution >= 4 is 33.0 Å². The number of ether oxygens (including phenoxy) is 2. The van der Waals surface area contributed by atoms with Crippen LogP contribution in [0.5, 0.6) is 5.75 Å². The molecule has 3 aliphatic rings. The van der Waals surface area contributed by atoms with Crippen molar-refractivity contribution < 1.29 is 9.47 Å². The number of nitrogens with zero attached hydrogens (tertiary/aromatic N) is 1. The van der Waals surface area contributed by atoms with Crippen molar-refractivity contribution in [2.75, 3.05) is 6.61 Å². The van der Waals surface area contributed by atoms with Gasteiger partial charge in [-0.2, -0.15) is 5.01 Å². The number of thiophene rings is 1. The highest BCUT2D eigenvalue weighted by Gasteiger charge is 2.54. The Hall–Kier alpha value is -1.34. The Morgan fingerprint density at radius 1 is 1.31 bits per heavy atom. The highest BCUT2D eigenvalue weighted by molar-refractivity contribution is 9.10. The maximum absolute atomic E-state index is 6.66. The molecule has 0 saturated carbocycles. The lowest BCUT2D eigenvalue weighted by atomic mass is 9.87. The van der Waals surface area contributed by atoms with Crippen LogP contribution in [0, 0.1) is 0 Å². The van der Waals surface area contributed by atoms with Gasteiger partial charge < -0.3 is 14.9 Å². The van der Waals surface area contributed by atoms with Crippen molar-refractivity contribution in [1.82, 2.24) is 10.4 Å². The van der Waals surface area contributed by atoms with Gasteiger partial charge in [0.15, 0.2) is 5.72 Å². The summed E-state index contributed by atoms with van der Waals surface area (Å²) in [7, 11) is 0. The molecule has 2 atom stereocenters. The van der Waals surface area contributed by atoms with Crippen LogP contribution in [-0.2, 0) is 4.74 Å². The van der Waals surface area contributed by atoms with Crippen LogP contribution in [0.2, 0.25) is 0 Å². The summed E-state index contributed by atoms with van der Waals surface area (Å²) in [5, 5.41) is 4.42. The third kappa shape index (κ3) is 2.62. The third-order valence-corrected chi connectivity index (χ3v) is 6.74. The van der Waals surface area contributed by atoms with E-state index in [-0.39, 0.29) is 11.6 Å². The summed E-state index contributed by atoms with van der Waals surface area (Å²) in [4.78, 5) is 1.25. The topological polar surface area (TPSA) is 33.7 Å². The summed E-state index contributed by atoms with van der Waals surface area (Å²) >= 11 is 5.37. The molecule has 1 aromatic carbocycles. The van der Waals surface area contributed by atoms with E-state index in [1.807, 2.05) is 0 Å². The largest absolute Gasteiger partial charge is 0.470 e. The molecule has 1 fully saturated rings. The van der Waals surface area contributed by atoms with Gasteiger partial charge in [0.25, 0.3) is 0 Å². The molecule has 6 heteroatoms. The summed E-state index contributed by atoms with van der Waals surface area (Å²) in [5.41, 5.74) is 5.38. The number of rotatable bonds is 1.